The molecule has 0 bridgehead atoms. The number of nitrogens with zero attached hydrogens (tertiary/aromatic N) is 1. The minimum atomic E-state index is -4.08. The zero-order valence-electron chi connectivity index (χ0n) is 13.1. The smallest absolute Gasteiger partial charge is 0.269 e. The molecule has 0 radical (unpaired) electrons. The number of fused-ring (bicyclic) bond motifs is 1. The summed E-state index contributed by atoms with van der Waals surface area (Å²) in [7, 11) is -7.95. The summed E-state index contributed by atoms with van der Waals surface area (Å²) in [5.74, 6) is -1.53. The topological polar surface area (TPSA) is 144 Å². The van der Waals surface area contributed by atoms with Crippen molar-refractivity contribution < 1.29 is 26.4 Å². The van der Waals surface area contributed by atoms with Crippen LogP contribution in [0.3, 0.4) is 0 Å². The van der Waals surface area contributed by atoms with Crippen molar-refractivity contribution in [1.82, 2.24) is 4.31 Å². The molecule has 0 aromatic heterocycles. The Hall–Kier alpha value is -2.76. The van der Waals surface area contributed by atoms with Crippen molar-refractivity contribution in [3.63, 3.8) is 0 Å². The SMILES string of the molecule is NS(=O)(=O)c1ccc(NC(=O)CN2C(=O)c3ccccc3S2(=O)=O)cc1. The molecule has 0 spiro atoms. The zero-order chi connectivity index (χ0) is 19.1. The molecule has 2 aromatic carbocycles. The van der Waals surface area contributed by atoms with Crippen molar-refractivity contribution in [2.45, 2.75) is 9.79 Å². The maximum Gasteiger partial charge on any atom is 0.269 e. The van der Waals surface area contributed by atoms with Gasteiger partial charge in [0.05, 0.1) is 10.5 Å². The van der Waals surface area contributed by atoms with Crippen molar-refractivity contribution in [3.05, 3.63) is 54.1 Å². The number of amides is 2. The first kappa shape index (κ1) is 18.0. The van der Waals surface area contributed by atoms with E-state index in [2.05, 4.69) is 5.32 Å². The number of carbonyl (C=O) groups is 2. The van der Waals surface area contributed by atoms with Gasteiger partial charge in [-0.05, 0) is 36.4 Å². The minimum absolute atomic E-state index is 0.0119. The first-order chi connectivity index (χ1) is 12.1. The molecule has 3 rings (SSSR count). The summed E-state index contributed by atoms with van der Waals surface area (Å²) in [5.41, 5.74) is 0.238. The van der Waals surface area contributed by atoms with Gasteiger partial charge in [-0.3, -0.25) is 9.59 Å². The lowest BCUT2D eigenvalue weighted by Crippen LogP contribution is -2.37. The number of carbonyl (C=O) groups excluding carboxylic acids is 2. The maximum atomic E-state index is 12.4. The van der Waals surface area contributed by atoms with Gasteiger partial charge in [-0.25, -0.2) is 26.3 Å². The Morgan fingerprint density at radius 3 is 2.27 bits per heavy atom. The van der Waals surface area contributed by atoms with Crippen LogP contribution in [0.2, 0.25) is 0 Å². The maximum absolute atomic E-state index is 12.4. The van der Waals surface area contributed by atoms with E-state index in [0.29, 0.717) is 4.31 Å². The fourth-order valence-electron chi connectivity index (χ4n) is 2.45. The number of anilines is 1. The van der Waals surface area contributed by atoms with Crippen LogP contribution in [0, 0.1) is 0 Å². The van der Waals surface area contributed by atoms with E-state index in [1.54, 1.807) is 0 Å². The summed E-state index contributed by atoms with van der Waals surface area (Å²) in [6.07, 6.45) is 0. The number of hydrogen-bond acceptors (Lipinski definition) is 6. The van der Waals surface area contributed by atoms with Gasteiger partial charge >= 0.3 is 0 Å². The second-order valence-corrected chi connectivity index (χ2v) is 8.82. The van der Waals surface area contributed by atoms with Crippen molar-refractivity contribution >= 4 is 37.5 Å². The Morgan fingerprint density at radius 1 is 1.08 bits per heavy atom. The molecule has 2 aromatic rings. The predicted octanol–water partition coefficient (Wildman–Crippen LogP) is 0.117. The Kier molecular flexibility index (Phi) is 4.30. The second kappa shape index (κ2) is 6.20. The lowest BCUT2D eigenvalue weighted by atomic mass is 10.2. The van der Waals surface area contributed by atoms with Gasteiger partial charge in [0, 0.05) is 5.69 Å². The van der Waals surface area contributed by atoms with Crippen molar-refractivity contribution in [3.8, 4) is 0 Å². The van der Waals surface area contributed by atoms with Gasteiger partial charge in [0.1, 0.15) is 11.4 Å². The fraction of sp³-hybridized carbons (Fsp3) is 0.0667. The largest absolute Gasteiger partial charge is 0.325 e. The number of sulfonamides is 2. The summed E-state index contributed by atoms with van der Waals surface area (Å²) in [6.45, 7) is -0.702. The van der Waals surface area contributed by atoms with Gasteiger partial charge in [-0.1, -0.05) is 12.1 Å². The molecule has 2 amide bonds. The molecular weight excluding hydrogens is 382 g/mol. The third kappa shape index (κ3) is 3.19. The molecule has 0 aliphatic carbocycles. The Balaban J connectivity index is 1.76. The lowest BCUT2D eigenvalue weighted by Gasteiger charge is -2.14. The van der Waals surface area contributed by atoms with E-state index in [1.807, 2.05) is 0 Å². The molecule has 9 nitrogen and oxygen atoms in total. The van der Waals surface area contributed by atoms with Crippen molar-refractivity contribution in [2.24, 2.45) is 5.14 Å². The molecule has 26 heavy (non-hydrogen) atoms. The minimum Gasteiger partial charge on any atom is -0.325 e. The molecular formula is C15H13N3O6S2. The average Bonchev–Trinajstić information content (AvgIpc) is 2.76. The predicted molar refractivity (Wildman–Crippen MR) is 91.1 cm³/mol. The van der Waals surface area contributed by atoms with Crippen LogP contribution in [0.4, 0.5) is 5.69 Å². The fourth-order valence-corrected chi connectivity index (χ4v) is 4.49. The second-order valence-electron chi connectivity index (χ2n) is 5.43. The standard InChI is InChI=1S/C15H13N3O6S2/c16-25(21,22)11-7-5-10(6-8-11)17-14(19)9-18-15(20)12-3-1-2-4-13(12)26(18,23)24/h1-8H,9H2,(H,17,19)(H2,16,21,22). The molecule has 0 unspecified atom stereocenters. The van der Waals surface area contributed by atoms with E-state index in [0.717, 1.165) is 0 Å². The van der Waals surface area contributed by atoms with Gasteiger partial charge in [0.25, 0.3) is 15.9 Å². The number of rotatable bonds is 4. The summed E-state index contributed by atoms with van der Waals surface area (Å²) in [5, 5.41) is 7.38. The number of primary sulfonamides is 1. The Labute approximate surface area is 149 Å². The molecule has 0 saturated carbocycles. The van der Waals surface area contributed by atoms with Crippen LogP contribution < -0.4 is 10.5 Å². The first-order valence-corrected chi connectivity index (χ1v) is 10.2. The highest BCUT2D eigenvalue weighted by atomic mass is 32.2. The third-order valence-corrected chi connectivity index (χ3v) is 6.38. The van der Waals surface area contributed by atoms with E-state index in [1.165, 1.54) is 48.5 Å². The van der Waals surface area contributed by atoms with E-state index in [9.17, 15) is 26.4 Å². The van der Waals surface area contributed by atoms with Crippen LogP contribution in [0.1, 0.15) is 10.4 Å². The molecule has 11 heteroatoms. The molecule has 1 aliphatic rings. The highest BCUT2D eigenvalue weighted by molar-refractivity contribution is 7.90. The molecule has 0 fully saturated rings. The van der Waals surface area contributed by atoms with Gasteiger partial charge < -0.3 is 5.32 Å². The van der Waals surface area contributed by atoms with Gasteiger partial charge in [-0.15, -0.1) is 0 Å². The average molecular weight is 395 g/mol. The molecule has 0 saturated heterocycles. The van der Waals surface area contributed by atoms with Crippen LogP contribution in [0.25, 0.3) is 0 Å². The summed E-state index contributed by atoms with van der Waals surface area (Å²) >= 11 is 0. The summed E-state index contributed by atoms with van der Waals surface area (Å²) < 4.78 is 47.6. The van der Waals surface area contributed by atoms with E-state index in [-0.39, 0.29) is 21.0 Å². The summed E-state index contributed by atoms with van der Waals surface area (Å²) in [6, 6.07) is 10.7. The van der Waals surface area contributed by atoms with Crippen LogP contribution in [0.15, 0.2) is 58.3 Å². The van der Waals surface area contributed by atoms with Gasteiger partial charge in [0.2, 0.25) is 15.9 Å². The third-order valence-electron chi connectivity index (χ3n) is 3.67. The van der Waals surface area contributed by atoms with Crippen molar-refractivity contribution in [2.75, 3.05) is 11.9 Å². The molecule has 1 heterocycles. The van der Waals surface area contributed by atoms with Crippen LogP contribution in [-0.2, 0) is 24.8 Å². The zero-order valence-corrected chi connectivity index (χ0v) is 14.7. The number of benzene rings is 2. The van der Waals surface area contributed by atoms with Gasteiger partial charge in [0.15, 0.2) is 0 Å². The quantitative estimate of drug-likeness (QED) is 0.752. The van der Waals surface area contributed by atoms with E-state index >= 15 is 0 Å². The van der Waals surface area contributed by atoms with Crippen LogP contribution in [-0.4, -0.2) is 39.5 Å². The molecule has 136 valence electrons. The molecule has 1 aliphatic heterocycles. The normalized spacial score (nSPS) is 15.6. The van der Waals surface area contributed by atoms with Crippen LogP contribution in [0.5, 0.6) is 0 Å². The monoisotopic (exact) mass is 395 g/mol. The number of hydrogen-bond donors (Lipinski definition) is 2. The Bertz CT molecular complexity index is 1110. The first-order valence-electron chi connectivity index (χ1n) is 7.19. The molecule has 0 atom stereocenters. The highest BCUT2D eigenvalue weighted by Gasteiger charge is 2.41. The highest BCUT2D eigenvalue weighted by Crippen LogP contribution is 2.29. The summed E-state index contributed by atoms with van der Waals surface area (Å²) in [4.78, 5) is 24.1. The van der Waals surface area contributed by atoms with E-state index < -0.39 is 38.4 Å². The Morgan fingerprint density at radius 2 is 1.69 bits per heavy atom. The lowest BCUT2D eigenvalue weighted by molar-refractivity contribution is -0.116. The molecule has 3 N–H and O–H groups in total. The number of nitrogens with one attached hydrogen (secondary N) is 1. The van der Waals surface area contributed by atoms with Gasteiger partial charge in [-0.2, -0.15) is 0 Å². The van der Waals surface area contributed by atoms with Crippen molar-refractivity contribution in [1.29, 1.82) is 0 Å². The number of nitrogens with two attached hydrogens (primary N) is 1. The van der Waals surface area contributed by atoms with E-state index in [4.69, 9.17) is 5.14 Å². The van der Waals surface area contributed by atoms with Crippen LogP contribution >= 0.6 is 0 Å².